The summed E-state index contributed by atoms with van der Waals surface area (Å²) < 4.78 is 1.35. The molecule has 86 valence electrons. The zero-order valence-corrected chi connectivity index (χ0v) is 10.7. The fourth-order valence-electron chi connectivity index (χ4n) is 1.34. The number of nitrogens with two attached hydrogens (primary N) is 1. The Hall–Kier alpha value is -0.0300. The third-order valence-corrected chi connectivity index (χ3v) is 4.78. The Morgan fingerprint density at radius 2 is 2.40 bits per heavy atom. The molecule has 0 spiro atoms. The molecular formula is C11H19NOS2. The molecule has 4 heteroatoms. The van der Waals surface area contributed by atoms with Gasteiger partial charge in [0.1, 0.15) is 0 Å². The summed E-state index contributed by atoms with van der Waals surface area (Å²) in [6.45, 7) is 2.35. The van der Waals surface area contributed by atoms with Crippen molar-refractivity contribution in [2.45, 2.75) is 36.0 Å². The quantitative estimate of drug-likeness (QED) is 0.573. The molecule has 0 bridgehead atoms. The third-order valence-electron chi connectivity index (χ3n) is 2.56. The van der Waals surface area contributed by atoms with Crippen molar-refractivity contribution in [2.75, 3.05) is 12.3 Å². The van der Waals surface area contributed by atoms with Crippen molar-refractivity contribution in [3.8, 4) is 0 Å². The molecule has 0 saturated carbocycles. The number of rotatable bonds is 7. The van der Waals surface area contributed by atoms with Crippen LogP contribution in [0.15, 0.2) is 21.7 Å². The molecule has 1 heterocycles. The summed E-state index contributed by atoms with van der Waals surface area (Å²) >= 11 is 3.62. The Bertz CT molecular complexity index is 258. The van der Waals surface area contributed by atoms with E-state index in [1.165, 1.54) is 4.21 Å². The maximum atomic E-state index is 9.95. The molecule has 1 atom stereocenters. The number of hydrogen-bond acceptors (Lipinski definition) is 4. The Morgan fingerprint density at radius 3 is 2.93 bits per heavy atom. The van der Waals surface area contributed by atoms with Gasteiger partial charge in [0.05, 0.1) is 9.81 Å². The molecule has 1 aromatic rings. The van der Waals surface area contributed by atoms with Crippen LogP contribution in [-0.4, -0.2) is 23.0 Å². The fourth-order valence-corrected chi connectivity index (χ4v) is 3.14. The SMILES string of the molecule is CCC(O)(CN)CCCSc1cccs1. The van der Waals surface area contributed by atoms with Gasteiger partial charge in [0.2, 0.25) is 0 Å². The van der Waals surface area contributed by atoms with E-state index in [4.69, 9.17) is 5.73 Å². The van der Waals surface area contributed by atoms with Crippen LogP contribution in [0.5, 0.6) is 0 Å². The highest BCUT2D eigenvalue weighted by Crippen LogP contribution is 2.25. The number of thioether (sulfide) groups is 1. The molecule has 0 fully saturated rings. The Kier molecular flexibility index (Phi) is 5.68. The van der Waals surface area contributed by atoms with E-state index in [1.54, 1.807) is 11.3 Å². The van der Waals surface area contributed by atoms with Crippen molar-refractivity contribution >= 4 is 23.1 Å². The van der Waals surface area contributed by atoms with Crippen LogP contribution in [0, 0.1) is 0 Å². The average molecular weight is 245 g/mol. The van der Waals surface area contributed by atoms with Crippen LogP contribution < -0.4 is 5.73 Å². The predicted octanol–water partition coefficient (Wildman–Crippen LogP) is 2.72. The molecule has 1 aromatic heterocycles. The molecule has 0 radical (unpaired) electrons. The first-order valence-corrected chi connectivity index (χ1v) is 7.15. The minimum atomic E-state index is -0.643. The number of aliphatic hydroxyl groups is 1. The fraction of sp³-hybridized carbons (Fsp3) is 0.636. The summed E-state index contributed by atoms with van der Waals surface area (Å²) in [7, 11) is 0. The Balaban J connectivity index is 2.16. The largest absolute Gasteiger partial charge is 0.389 e. The summed E-state index contributed by atoms with van der Waals surface area (Å²) in [5.41, 5.74) is 4.90. The average Bonchev–Trinajstić information content (AvgIpc) is 2.77. The van der Waals surface area contributed by atoms with E-state index in [0.717, 1.165) is 25.0 Å². The first kappa shape index (κ1) is 13.0. The lowest BCUT2D eigenvalue weighted by molar-refractivity contribution is 0.0360. The maximum absolute atomic E-state index is 9.95. The number of thiophene rings is 1. The van der Waals surface area contributed by atoms with Crippen LogP contribution >= 0.6 is 23.1 Å². The van der Waals surface area contributed by atoms with Crippen molar-refractivity contribution in [3.05, 3.63) is 17.5 Å². The van der Waals surface area contributed by atoms with Gasteiger partial charge in [0.25, 0.3) is 0 Å². The van der Waals surface area contributed by atoms with Crippen LogP contribution in [0.4, 0.5) is 0 Å². The second-order valence-electron chi connectivity index (χ2n) is 3.67. The molecule has 0 aliphatic carbocycles. The summed E-state index contributed by atoms with van der Waals surface area (Å²) in [6.07, 6.45) is 2.57. The van der Waals surface area contributed by atoms with Gasteiger partial charge in [0, 0.05) is 6.54 Å². The van der Waals surface area contributed by atoms with Gasteiger partial charge in [-0.2, -0.15) is 0 Å². The molecule has 3 N–H and O–H groups in total. The van der Waals surface area contributed by atoms with Gasteiger partial charge in [0.15, 0.2) is 0 Å². The van der Waals surface area contributed by atoms with Gasteiger partial charge in [-0.1, -0.05) is 13.0 Å². The summed E-state index contributed by atoms with van der Waals surface area (Å²) in [4.78, 5) is 0. The summed E-state index contributed by atoms with van der Waals surface area (Å²) in [5, 5.41) is 12.0. The zero-order chi connectivity index (χ0) is 11.1. The van der Waals surface area contributed by atoms with E-state index in [2.05, 4.69) is 17.5 Å². The van der Waals surface area contributed by atoms with Crippen LogP contribution in [0.1, 0.15) is 26.2 Å². The van der Waals surface area contributed by atoms with E-state index >= 15 is 0 Å². The molecule has 1 unspecified atom stereocenters. The lowest BCUT2D eigenvalue weighted by Gasteiger charge is -2.24. The van der Waals surface area contributed by atoms with Crippen LogP contribution in [0.3, 0.4) is 0 Å². The molecule has 2 nitrogen and oxygen atoms in total. The first-order chi connectivity index (χ1) is 7.20. The Morgan fingerprint density at radius 1 is 1.60 bits per heavy atom. The molecule has 1 rings (SSSR count). The van der Waals surface area contributed by atoms with Crippen molar-refractivity contribution < 1.29 is 5.11 Å². The van der Waals surface area contributed by atoms with Gasteiger partial charge in [-0.15, -0.1) is 23.1 Å². The molecule has 15 heavy (non-hydrogen) atoms. The maximum Gasteiger partial charge on any atom is 0.0767 e. The van der Waals surface area contributed by atoms with E-state index < -0.39 is 5.60 Å². The molecule has 0 saturated heterocycles. The van der Waals surface area contributed by atoms with Gasteiger partial charge in [-0.3, -0.25) is 0 Å². The number of hydrogen-bond donors (Lipinski definition) is 2. The van der Waals surface area contributed by atoms with Gasteiger partial charge >= 0.3 is 0 Å². The molecule has 0 amide bonds. The lowest BCUT2D eigenvalue weighted by Crippen LogP contribution is -2.36. The highest BCUT2D eigenvalue weighted by molar-refractivity contribution is 8.01. The minimum absolute atomic E-state index is 0.368. The summed E-state index contributed by atoms with van der Waals surface area (Å²) in [6, 6.07) is 4.19. The van der Waals surface area contributed by atoms with E-state index in [9.17, 15) is 5.11 Å². The molecule has 0 aliphatic heterocycles. The minimum Gasteiger partial charge on any atom is -0.389 e. The first-order valence-electron chi connectivity index (χ1n) is 5.29. The second kappa shape index (κ2) is 6.53. The molecule has 0 aromatic carbocycles. The monoisotopic (exact) mass is 245 g/mol. The van der Waals surface area contributed by atoms with Crippen molar-refractivity contribution in [1.82, 2.24) is 0 Å². The van der Waals surface area contributed by atoms with Crippen LogP contribution in [-0.2, 0) is 0 Å². The van der Waals surface area contributed by atoms with E-state index in [0.29, 0.717) is 6.54 Å². The smallest absolute Gasteiger partial charge is 0.0767 e. The van der Waals surface area contributed by atoms with Crippen LogP contribution in [0.2, 0.25) is 0 Å². The van der Waals surface area contributed by atoms with Crippen molar-refractivity contribution in [3.63, 3.8) is 0 Å². The standard InChI is InChI=1S/C11H19NOS2/c1-2-11(13,9-12)6-4-8-15-10-5-3-7-14-10/h3,5,7,13H,2,4,6,8-9,12H2,1H3. The van der Waals surface area contributed by atoms with E-state index in [1.807, 2.05) is 18.7 Å². The third kappa shape index (κ3) is 4.55. The topological polar surface area (TPSA) is 46.2 Å². The van der Waals surface area contributed by atoms with Gasteiger partial charge in [-0.25, -0.2) is 0 Å². The van der Waals surface area contributed by atoms with Gasteiger partial charge < -0.3 is 10.8 Å². The zero-order valence-electron chi connectivity index (χ0n) is 9.11. The lowest BCUT2D eigenvalue weighted by atomic mass is 9.95. The molecular weight excluding hydrogens is 226 g/mol. The Labute approximate surface area is 99.9 Å². The van der Waals surface area contributed by atoms with E-state index in [-0.39, 0.29) is 0 Å². The normalized spacial score (nSPS) is 15.1. The van der Waals surface area contributed by atoms with Gasteiger partial charge in [-0.05, 0) is 36.5 Å². The predicted molar refractivity (Wildman–Crippen MR) is 68.6 cm³/mol. The summed E-state index contributed by atoms with van der Waals surface area (Å²) in [5.74, 6) is 1.06. The molecule has 0 aliphatic rings. The van der Waals surface area contributed by atoms with Crippen LogP contribution in [0.25, 0.3) is 0 Å². The highest BCUT2D eigenvalue weighted by Gasteiger charge is 2.21. The van der Waals surface area contributed by atoms with Crippen molar-refractivity contribution in [2.24, 2.45) is 5.73 Å². The highest BCUT2D eigenvalue weighted by atomic mass is 32.2. The second-order valence-corrected chi connectivity index (χ2v) is 6.01. The van der Waals surface area contributed by atoms with Crippen molar-refractivity contribution in [1.29, 1.82) is 0 Å².